The van der Waals surface area contributed by atoms with Crippen LogP contribution in [0.25, 0.3) is 11.1 Å². The van der Waals surface area contributed by atoms with Gasteiger partial charge in [0, 0.05) is 25.6 Å². The largest absolute Gasteiger partial charge is 0.481 e. The number of carboxylic acid groups (broad SMARTS) is 1. The van der Waals surface area contributed by atoms with Crippen LogP contribution in [0.4, 0.5) is 4.79 Å². The van der Waals surface area contributed by atoms with E-state index in [1.807, 2.05) is 36.4 Å². The highest BCUT2D eigenvalue weighted by molar-refractivity contribution is 5.86. The van der Waals surface area contributed by atoms with Gasteiger partial charge in [-0.1, -0.05) is 48.5 Å². The van der Waals surface area contributed by atoms with Crippen LogP contribution in [0.5, 0.6) is 0 Å². The molecular formula is C26H30N2O6. The van der Waals surface area contributed by atoms with E-state index in [4.69, 9.17) is 9.47 Å². The number of carboxylic acids is 1. The van der Waals surface area contributed by atoms with Crippen LogP contribution in [0, 0.1) is 0 Å². The molecule has 0 radical (unpaired) electrons. The van der Waals surface area contributed by atoms with Gasteiger partial charge in [-0.15, -0.1) is 0 Å². The minimum absolute atomic E-state index is 0.0285. The molecule has 180 valence electrons. The van der Waals surface area contributed by atoms with Crippen molar-refractivity contribution in [1.82, 2.24) is 10.2 Å². The van der Waals surface area contributed by atoms with Crippen molar-refractivity contribution in [2.45, 2.75) is 43.7 Å². The van der Waals surface area contributed by atoms with Gasteiger partial charge in [-0.3, -0.25) is 9.59 Å². The summed E-state index contributed by atoms with van der Waals surface area (Å²) in [4.78, 5) is 38.7. The first-order valence-electron chi connectivity index (χ1n) is 11.6. The molecule has 2 N–H and O–H groups in total. The summed E-state index contributed by atoms with van der Waals surface area (Å²) in [6.07, 6.45) is 1.48. The predicted molar refractivity (Wildman–Crippen MR) is 125 cm³/mol. The number of amides is 2. The van der Waals surface area contributed by atoms with E-state index in [-0.39, 0.29) is 37.5 Å². The molecule has 1 saturated heterocycles. The number of nitrogens with zero attached hydrogens (tertiary/aromatic N) is 1. The number of carbonyl (C=O) groups excluding carboxylic acids is 2. The van der Waals surface area contributed by atoms with Crippen LogP contribution in [-0.4, -0.2) is 66.9 Å². The summed E-state index contributed by atoms with van der Waals surface area (Å²) in [5, 5.41) is 11.8. The lowest BCUT2D eigenvalue weighted by Crippen LogP contribution is -2.55. The number of nitrogens with one attached hydrogen (secondary N) is 1. The van der Waals surface area contributed by atoms with E-state index >= 15 is 0 Å². The van der Waals surface area contributed by atoms with Gasteiger partial charge in [-0.05, 0) is 41.5 Å². The van der Waals surface area contributed by atoms with Gasteiger partial charge in [0.25, 0.3) is 0 Å². The lowest BCUT2D eigenvalue weighted by atomic mass is 9.98. The first-order valence-corrected chi connectivity index (χ1v) is 11.6. The highest BCUT2D eigenvalue weighted by Crippen LogP contribution is 2.44. The summed E-state index contributed by atoms with van der Waals surface area (Å²) >= 11 is 0. The minimum Gasteiger partial charge on any atom is -0.481 e. The zero-order valence-corrected chi connectivity index (χ0v) is 19.2. The molecule has 2 aromatic carbocycles. The first-order chi connectivity index (χ1) is 16.5. The van der Waals surface area contributed by atoms with Crippen molar-refractivity contribution in [2.24, 2.45) is 0 Å². The number of rotatable bonds is 8. The molecule has 1 fully saturated rings. The van der Waals surface area contributed by atoms with Crippen LogP contribution in [0.2, 0.25) is 0 Å². The number of hydrogen-bond acceptors (Lipinski definition) is 5. The number of carbonyl (C=O) groups is 3. The van der Waals surface area contributed by atoms with Crippen LogP contribution >= 0.6 is 0 Å². The number of aliphatic carboxylic acids is 1. The Morgan fingerprint density at radius 3 is 2.32 bits per heavy atom. The van der Waals surface area contributed by atoms with Crippen LogP contribution in [0.3, 0.4) is 0 Å². The van der Waals surface area contributed by atoms with Gasteiger partial charge in [0.2, 0.25) is 5.91 Å². The summed E-state index contributed by atoms with van der Waals surface area (Å²) in [5.41, 5.74) is 4.47. The van der Waals surface area contributed by atoms with Crippen molar-refractivity contribution in [3.63, 3.8) is 0 Å². The van der Waals surface area contributed by atoms with Crippen LogP contribution in [0.15, 0.2) is 48.5 Å². The maximum Gasteiger partial charge on any atom is 0.407 e. The van der Waals surface area contributed by atoms with E-state index in [2.05, 4.69) is 17.4 Å². The van der Waals surface area contributed by atoms with Gasteiger partial charge in [-0.2, -0.15) is 0 Å². The second-order valence-corrected chi connectivity index (χ2v) is 8.76. The Kier molecular flexibility index (Phi) is 7.47. The van der Waals surface area contributed by atoms with Crippen LogP contribution in [-0.2, 0) is 19.1 Å². The molecule has 2 atom stereocenters. The number of likely N-dealkylation sites (tertiary alicyclic amines) is 1. The second-order valence-electron chi connectivity index (χ2n) is 8.76. The van der Waals surface area contributed by atoms with Crippen molar-refractivity contribution in [3.05, 3.63) is 59.7 Å². The van der Waals surface area contributed by atoms with E-state index < -0.39 is 18.1 Å². The van der Waals surface area contributed by atoms with Gasteiger partial charge in [-0.25, -0.2) is 4.79 Å². The third-order valence-corrected chi connectivity index (χ3v) is 6.59. The average molecular weight is 467 g/mol. The monoisotopic (exact) mass is 466 g/mol. The Morgan fingerprint density at radius 1 is 1.06 bits per heavy atom. The summed E-state index contributed by atoms with van der Waals surface area (Å²) < 4.78 is 10.7. The van der Waals surface area contributed by atoms with E-state index in [1.165, 1.54) is 7.11 Å². The Hall–Kier alpha value is -3.39. The lowest BCUT2D eigenvalue weighted by Gasteiger charge is -2.37. The summed E-state index contributed by atoms with van der Waals surface area (Å²) in [5.74, 6) is -1.38. The Balaban J connectivity index is 1.42. The number of benzene rings is 2. The number of fused-ring (bicyclic) bond motifs is 3. The van der Waals surface area contributed by atoms with E-state index in [0.717, 1.165) is 35.1 Å². The molecular weight excluding hydrogens is 436 g/mol. The van der Waals surface area contributed by atoms with Crippen LogP contribution in [0.1, 0.15) is 42.7 Å². The fourth-order valence-electron chi connectivity index (χ4n) is 5.03. The third kappa shape index (κ3) is 5.07. The van der Waals surface area contributed by atoms with E-state index in [1.54, 1.807) is 4.90 Å². The number of hydrogen-bond donors (Lipinski definition) is 2. The summed E-state index contributed by atoms with van der Waals surface area (Å²) in [6, 6.07) is 14.8. The SMILES string of the molecule is COCC(NC(=O)OCC1c2ccccc2-c2ccccc21)C(=O)N1CCCC[C@H]1CC(=O)O. The van der Waals surface area contributed by atoms with Gasteiger partial charge in [0.15, 0.2) is 0 Å². The predicted octanol–water partition coefficient (Wildman–Crippen LogP) is 3.40. The third-order valence-electron chi connectivity index (χ3n) is 6.59. The highest BCUT2D eigenvalue weighted by atomic mass is 16.5. The van der Waals surface area contributed by atoms with Gasteiger partial charge in [0.05, 0.1) is 13.0 Å². The Morgan fingerprint density at radius 2 is 1.71 bits per heavy atom. The van der Waals surface area contributed by atoms with E-state index in [9.17, 15) is 19.5 Å². The zero-order chi connectivity index (χ0) is 24.1. The summed E-state index contributed by atoms with van der Waals surface area (Å²) in [6.45, 7) is 0.571. The molecule has 0 aromatic heterocycles. The molecule has 0 spiro atoms. The molecule has 8 heteroatoms. The van der Waals surface area contributed by atoms with Crippen molar-refractivity contribution in [3.8, 4) is 11.1 Å². The molecule has 1 aliphatic heterocycles. The molecule has 1 unspecified atom stereocenters. The molecule has 34 heavy (non-hydrogen) atoms. The standard InChI is InChI=1S/C26H30N2O6/c1-33-16-23(25(31)28-13-7-6-8-17(28)14-24(29)30)27-26(32)34-15-22-20-11-4-2-9-18(20)19-10-3-5-12-21(19)22/h2-5,9-12,17,22-23H,6-8,13-16H2,1H3,(H,27,32)(H,29,30)/t17-,23?/m0/s1. The zero-order valence-electron chi connectivity index (χ0n) is 19.2. The average Bonchev–Trinajstić information content (AvgIpc) is 3.16. The molecule has 0 saturated carbocycles. The lowest BCUT2D eigenvalue weighted by molar-refractivity contribution is -0.143. The summed E-state index contributed by atoms with van der Waals surface area (Å²) in [7, 11) is 1.45. The molecule has 1 heterocycles. The number of methoxy groups -OCH3 is 1. The molecule has 8 nitrogen and oxygen atoms in total. The van der Waals surface area contributed by atoms with Crippen molar-refractivity contribution >= 4 is 18.0 Å². The van der Waals surface area contributed by atoms with Gasteiger partial charge >= 0.3 is 12.1 Å². The molecule has 1 aliphatic carbocycles. The Bertz CT molecular complexity index is 1010. The molecule has 4 rings (SSSR count). The maximum atomic E-state index is 13.2. The molecule has 2 aliphatic rings. The Labute approximate surface area is 198 Å². The number of ether oxygens (including phenoxy) is 2. The first kappa shape index (κ1) is 23.8. The molecule has 2 amide bonds. The molecule has 2 aromatic rings. The topological polar surface area (TPSA) is 105 Å². The smallest absolute Gasteiger partial charge is 0.407 e. The van der Waals surface area contributed by atoms with Crippen molar-refractivity contribution < 1.29 is 29.0 Å². The molecule has 0 bridgehead atoms. The maximum absolute atomic E-state index is 13.2. The van der Waals surface area contributed by atoms with Crippen molar-refractivity contribution in [2.75, 3.05) is 26.9 Å². The number of piperidine rings is 1. The fourth-order valence-corrected chi connectivity index (χ4v) is 5.03. The second kappa shape index (κ2) is 10.7. The quantitative estimate of drug-likeness (QED) is 0.618. The van der Waals surface area contributed by atoms with Gasteiger partial charge < -0.3 is 24.8 Å². The van der Waals surface area contributed by atoms with E-state index in [0.29, 0.717) is 13.0 Å². The minimum atomic E-state index is -0.949. The normalized spacial score (nSPS) is 18.0. The van der Waals surface area contributed by atoms with Crippen LogP contribution < -0.4 is 5.32 Å². The van der Waals surface area contributed by atoms with Gasteiger partial charge in [0.1, 0.15) is 12.6 Å². The van der Waals surface area contributed by atoms with Crippen molar-refractivity contribution in [1.29, 1.82) is 0 Å². The highest BCUT2D eigenvalue weighted by Gasteiger charge is 2.34. The number of alkyl carbamates (subject to hydrolysis) is 1. The fraction of sp³-hybridized carbons (Fsp3) is 0.423.